The van der Waals surface area contributed by atoms with E-state index in [4.69, 9.17) is 4.74 Å². The Morgan fingerprint density at radius 2 is 1.79 bits per heavy atom. The Bertz CT molecular complexity index is 735. The number of thioether (sulfide) groups is 1. The molecular weight excluding hydrogens is 374 g/mol. The Morgan fingerprint density at radius 1 is 1.11 bits per heavy atom. The van der Waals surface area contributed by atoms with E-state index >= 15 is 0 Å². The molecule has 0 spiro atoms. The average molecular weight is 404 g/mol. The zero-order chi connectivity index (χ0) is 20.1. The van der Waals surface area contributed by atoms with Gasteiger partial charge >= 0.3 is 0 Å². The number of carbonyl (C=O) groups excluding carboxylic acids is 2. The number of rotatable bonds is 8. The maximum atomic E-state index is 13.2. The van der Waals surface area contributed by atoms with Crippen LogP contribution in [0.15, 0.2) is 29.2 Å². The van der Waals surface area contributed by atoms with E-state index in [1.807, 2.05) is 24.3 Å². The van der Waals surface area contributed by atoms with E-state index in [0.717, 1.165) is 43.4 Å². The third kappa shape index (κ3) is 4.61. The number of carbonyl (C=O) groups is 2. The van der Waals surface area contributed by atoms with Crippen molar-refractivity contribution in [1.82, 2.24) is 4.90 Å². The molecule has 1 heterocycles. The molecule has 0 unspecified atom stereocenters. The Morgan fingerprint density at radius 3 is 2.39 bits per heavy atom. The van der Waals surface area contributed by atoms with Crippen LogP contribution in [0.25, 0.3) is 5.57 Å². The van der Waals surface area contributed by atoms with Gasteiger partial charge in [-0.3, -0.25) is 14.5 Å². The predicted molar refractivity (Wildman–Crippen MR) is 112 cm³/mol. The second kappa shape index (κ2) is 9.61. The van der Waals surface area contributed by atoms with E-state index in [1.165, 1.54) is 16.7 Å². The van der Waals surface area contributed by atoms with Gasteiger partial charge in [0.2, 0.25) is 0 Å². The van der Waals surface area contributed by atoms with E-state index in [2.05, 4.69) is 13.8 Å². The minimum absolute atomic E-state index is 0.00961. The summed E-state index contributed by atoms with van der Waals surface area (Å²) in [7, 11) is 0. The fourth-order valence-electron chi connectivity index (χ4n) is 3.71. The summed E-state index contributed by atoms with van der Waals surface area (Å²) in [5.41, 5.74) is 1.19. The zero-order valence-electron chi connectivity index (χ0n) is 16.6. The highest BCUT2D eigenvalue weighted by Gasteiger charge is 2.42. The molecule has 0 atom stereocenters. The van der Waals surface area contributed by atoms with Gasteiger partial charge in [-0.1, -0.05) is 45.2 Å². The molecule has 1 aromatic rings. The third-order valence-corrected chi connectivity index (χ3v) is 6.13. The maximum absolute atomic E-state index is 13.2. The van der Waals surface area contributed by atoms with Crippen LogP contribution < -0.4 is 4.74 Å². The summed E-state index contributed by atoms with van der Waals surface area (Å²) in [6.07, 6.45) is 5.03. The van der Waals surface area contributed by atoms with Gasteiger partial charge in [0, 0.05) is 11.8 Å². The number of hydrogen-bond acceptors (Lipinski definition) is 5. The Balaban J connectivity index is 1.87. The highest BCUT2D eigenvalue weighted by Crippen LogP contribution is 2.39. The summed E-state index contributed by atoms with van der Waals surface area (Å²) in [5.74, 6) is 1.18. The topological polar surface area (TPSA) is 66.8 Å². The first-order chi connectivity index (χ1) is 13.5. The molecule has 2 aliphatic rings. The van der Waals surface area contributed by atoms with Crippen LogP contribution >= 0.6 is 11.8 Å². The lowest BCUT2D eigenvalue weighted by atomic mass is 9.94. The summed E-state index contributed by atoms with van der Waals surface area (Å²) in [6, 6.07) is 7.38. The largest absolute Gasteiger partial charge is 0.493 e. The first-order valence-corrected chi connectivity index (χ1v) is 11.1. The number of aliphatic hydroxyl groups is 1. The number of hydrogen-bond donors (Lipinski definition) is 1. The molecule has 3 rings (SSSR count). The van der Waals surface area contributed by atoms with Crippen molar-refractivity contribution in [2.24, 2.45) is 5.92 Å². The molecule has 0 bridgehead atoms. The smallest absolute Gasteiger partial charge is 0.268 e. The van der Waals surface area contributed by atoms with Gasteiger partial charge in [-0.2, -0.15) is 0 Å². The molecule has 5 nitrogen and oxygen atoms in total. The zero-order valence-corrected chi connectivity index (χ0v) is 17.5. The number of imide groups is 1. The second-order valence-electron chi connectivity index (χ2n) is 7.78. The first-order valence-electron chi connectivity index (χ1n) is 10.1. The quantitative estimate of drug-likeness (QED) is 0.668. The van der Waals surface area contributed by atoms with Gasteiger partial charge in [-0.25, -0.2) is 0 Å². The molecule has 152 valence electrons. The van der Waals surface area contributed by atoms with Crippen molar-refractivity contribution in [2.45, 2.75) is 52.0 Å². The van der Waals surface area contributed by atoms with Crippen LogP contribution in [0.2, 0.25) is 0 Å². The molecule has 0 saturated heterocycles. The summed E-state index contributed by atoms with van der Waals surface area (Å²) in [5, 5.41) is 9.22. The Kier molecular flexibility index (Phi) is 7.18. The van der Waals surface area contributed by atoms with E-state index in [0.29, 0.717) is 28.8 Å². The van der Waals surface area contributed by atoms with Gasteiger partial charge in [-0.05, 0) is 36.5 Å². The van der Waals surface area contributed by atoms with E-state index < -0.39 is 0 Å². The van der Waals surface area contributed by atoms with Crippen molar-refractivity contribution in [2.75, 3.05) is 19.0 Å². The second-order valence-corrected chi connectivity index (χ2v) is 8.88. The van der Waals surface area contributed by atoms with Crippen molar-refractivity contribution >= 4 is 29.1 Å². The first kappa shape index (κ1) is 20.9. The van der Waals surface area contributed by atoms with Crippen LogP contribution in [0.3, 0.4) is 0 Å². The molecule has 1 N–H and O–H groups in total. The van der Waals surface area contributed by atoms with Gasteiger partial charge in [-0.15, -0.1) is 11.8 Å². The van der Waals surface area contributed by atoms with E-state index in [-0.39, 0.29) is 24.5 Å². The fourth-order valence-corrected chi connectivity index (χ4v) is 4.58. The number of amides is 2. The third-order valence-electron chi connectivity index (χ3n) is 5.08. The molecule has 1 aromatic carbocycles. The van der Waals surface area contributed by atoms with Gasteiger partial charge in [0.05, 0.1) is 23.7 Å². The summed E-state index contributed by atoms with van der Waals surface area (Å²) >= 11 is 1.27. The van der Waals surface area contributed by atoms with E-state index in [1.54, 1.807) is 0 Å². The maximum Gasteiger partial charge on any atom is 0.268 e. The molecule has 6 heteroatoms. The molecule has 1 aliphatic carbocycles. The highest BCUT2D eigenvalue weighted by atomic mass is 32.2. The lowest BCUT2D eigenvalue weighted by Crippen LogP contribution is -2.42. The van der Waals surface area contributed by atoms with Gasteiger partial charge in [0.25, 0.3) is 11.8 Å². The van der Waals surface area contributed by atoms with Gasteiger partial charge < -0.3 is 9.84 Å². The average Bonchev–Trinajstić information content (AvgIpc) is 2.95. The summed E-state index contributed by atoms with van der Waals surface area (Å²) in [4.78, 5) is 28.2. The van der Waals surface area contributed by atoms with Crippen molar-refractivity contribution in [3.8, 4) is 5.75 Å². The van der Waals surface area contributed by atoms with Crippen molar-refractivity contribution in [1.29, 1.82) is 0 Å². The van der Waals surface area contributed by atoms with Gasteiger partial charge in [0.1, 0.15) is 5.75 Å². The summed E-state index contributed by atoms with van der Waals surface area (Å²) in [6.45, 7) is 4.78. The monoisotopic (exact) mass is 403 g/mol. The highest BCUT2D eigenvalue weighted by molar-refractivity contribution is 8.04. The molecule has 2 amide bonds. The van der Waals surface area contributed by atoms with Crippen LogP contribution in [-0.2, 0) is 9.59 Å². The molecule has 1 saturated carbocycles. The van der Waals surface area contributed by atoms with E-state index in [9.17, 15) is 14.7 Å². The molecule has 1 fully saturated rings. The molecule has 0 aromatic heterocycles. The SMILES string of the molecule is CC(C)COc1ccc(C2=C(SCCO)C(=O)N(C3CCCCC3)C2=O)cc1. The lowest BCUT2D eigenvalue weighted by Gasteiger charge is -2.29. The Labute approximate surface area is 171 Å². The fraction of sp³-hybridized carbons (Fsp3) is 0.545. The number of benzene rings is 1. The normalized spacial score (nSPS) is 18.5. The lowest BCUT2D eigenvalue weighted by molar-refractivity contribution is -0.139. The minimum atomic E-state index is -0.203. The molecule has 0 radical (unpaired) electrons. The van der Waals surface area contributed by atoms with Crippen molar-refractivity contribution < 1.29 is 19.4 Å². The number of ether oxygens (including phenoxy) is 1. The summed E-state index contributed by atoms with van der Waals surface area (Å²) < 4.78 is 5.72. The molecule has 28 heavy (non-hydrogen) atoms. The molecular formula is C22H29NO4S. The van der Waals surface area contributed by atoms with Crippen LogP contribution in [0.5, 0.6) is 5.75 Å². The van der Waals surface area contributed by atoms with Crippen molar-refractivity contribution in [3.63, 3.8) is 0 Å². The Hall–Kier alpha value is -1.79. The minimum Gasteiger partial charge on any atom is -0.493 e. The standard InChI is InChI=1S/C22H29NO4S/c1-15(2)14-27-18-10-8-16(9-11-18)19-20(28-13-12-24)22(26)23(21(19)25)17-6-4-3-5-7-17/h8-11,15,17,24H,3-7,12-14H2,1-2H3. The van der Waals surface area contributed by atoms with Gasteiger partial charge in [0.15, 0.2) is 0 Å². The molecule has 1 aliphatic heterocycles. The van der Waals surface area contributed by atoms with Crippen LogP contribution in [0.1, 0.15) is 51.5 Å². The number of nitrogens with zero attached hydrogens (tertiary/aromatic N) is 1. The van der Waals surface area contributed by atoms with Crippen molar-refractivity contribution in [3.05, 3.63) is 34.7 Å². The predicted octanol–water partition coefficient (Wildman–Crippen LogP) is 3.86. The number of aliphatic hydroxyl groups excluding tert-OH is 1. The van der Waals surface area contributed by atoms with Crippen LogP contribution in [0, 0.1) is 5.92 Å². The van der Waals surface area contributed by atoms with Crippen LogP contribution in [-0.4, -0.2) is 46.8 Å². The van der Waals surface area contributed by atoms with Crippen LogP contribution in [0.4, 0.5) is 0 Å².